The van der Waals surface area contributed by atoms with Gasteiger partial charge in [-0.3, -0.25) is 4.79 Å². The highest BCUT2D eigenvalue weighted by Crippen LogP contribution is 2.30. The zero-order valence-electron chi connectivity index (χ0n) is 14.6. The molecule has 0 saturated carbocycles. The molecule has 1 heterocycles. The average Bonchev–Trinajstić information content (AvgIpc) is 3.03. The van der Waals surface area contributed by atoms with Crippen molar-refractivity contribution < 1.29 is 19.1 Å². The number of carbonyl (C=O) groups excluding carboxylic acids is 2. The lowest BCUT2D eigenvalue weighted by Crippen LogP contribution is -2.39. The zero-order valence-corrected chi connectivity index (χ0v) is 14.6. The van der Waals surface area contributed by atoms with Gasteiger partial charge >= 0.3 is 5.97 Å². The first-order valence-electron chi connectivity index (χ1n) is 8.25. The number of hydrogen-bond donors (Lipinski definition) is 0. The molecule has 1 aliphatic rings. The number of esters is 1. The molecule has 0 aromatic heterocycles. The molecule has 0 aliphatic carbocycles. The number of amides is 1. The van der Waals surface area contributed by atoms with E-state index in [-0.39, 0.29) is 11.9 Å². The summed E-state index contributed by atoms with van der Waals surface area (Å²) < 4.78 is 10.5. The van der Waals surface area contributed by atoms with Gasteiger partial charge in [-0.25, -0.2) is 4.79 Å². The van der Waals surface area contributed by atoms with Gasteiger partial charge in [0.1, 0.15) is 5.75 Å². The standard InChI is InChI=1S/C20H21NO4/c1-13-5-4-6-17(11-13)25-14(2)19(22)21-10-9-15-12-16(20(23)24-3)7-8-18(15)21/h4-8,11-12,14H,9-10H2,1-3H3. The van der Waals surface area contributed by atoms with Gasteiger partial charge in [0.25, 0.3) is 5.91 Å². The van der Waals surface area contributed by atoms with E-state index in [1.165, 1.54) is 7.11 Å². The Morgan fingerprint density at radius 1 is 1.16 bits per heavy atom. The number of ether oxygens (including phenoxy) is 2. The minimum Gasteiger partial charge on any atom is -0.481 e. The Balaban J connectivity index is 1.75. The SMILES string of the molecule is COC(=O)c1ccc2c(c1)CCN2C(=O)C(C)Oc1cccc(C)c1. The van der Waals surface area contributed by atoms with Gasteiger partial charge in [0, 0.05) is 12.2 Å². The van der Waals surface area contributed by atoms with Gasteiger partial charge in [-0.1, -0.05) is 12.1 Å². The molecule has 0 radical (unpaired) electrons. The van der Waals surface area contributed by atoms with Crippen molar-refractivity contribution in [3.8, 4) is 5.75 Å². The Labute approximate surface area is 147 Å². The monoisotopic (exact) mass is 339 g/mol. The molecule has 1 unspecified atom stereocenters. The van der Waals surface area contributed by atoms with Crippen molar-refractivity contribution in [3.05, 3.63) is 59.2 Å². The van der Waals surface area contributed by atoms with Crippen LogP contribution in [0.2, 0.25) is 0 Å². The number of carbonyl (C=O) groups is 2. The third-order valence-electron chi connectivity index (χ3n) is 4.31. The van der Waals surface area contributed by atoms with Crippen molar-refractivity contribution in [1.82, 2.24) is 0 Å². The van der Waals surface area contributed by atoms with E-state index in [1.807, 2.05) is 31.2 Å². The molecule has 130 valence electrons. The number of nitrogens with zero attached hydrogens (tertiary/aromatic N) is 1. The van der Waals surface area contributed by atoms with E-state index in [0.29, 0.717) is 24.3 Å². The van der Waals surface area contributed by atoms with E-state index in [2.05, 4.69) is 0 Å². The van der Waals surface area contributed by atoms with Crippen LogP contribution in [0.25, 0.3) is 0 Å². The van der Waals surface area contributed by atoms with Crippen LogP contribution in [-0.2, 0) is 16.0 Å². The Hall–Kier alpha value is -2.82. The molecule has 1 aliphatic heterocycles. The lowest BCUT2D eigenvalue weighted by atomic mass is 10.1. The first-order valence-corrected chi connectivity index (χ1v) is 8.25. The highest BCUT2D eigenvalue weighted by Gasteiger charge is 2.29. The topological polar surface area (TPSA) is 55.8 Å². The quantitative estimate of drug-likeness (QED) is 0.803. The van der Waals surface area contributed by atoms with Gasteiger partial charge in [0.2, 0.25) is 0 Å². The summed E-state index contributed by atoms with van der Waals surface area (Å²) in [6, 6.07) is 12.9. The largest absolute Gasteiger partial charge is 0.481 e. The molecule has 0 N–H and O–H groups in total. The van der Waals surface area contributed by atoms with Crippen LogP contribution in [0.15, 0.2) is 42.5 Å². The third kappa shape index (κ3) is 3.50. The van der Waals surface area contributed by atoms with E-state index >= 15 is 0 Å². The molecule has 5 heteroatoms. The summed E-state index contributed by atoms with van der Waals surface area (Å²) in [5, 5.41) is 0. The molecule has 3 rings (SSSR count). The first-order chi connectivity index (χ1) is 12.0. The smallest absolute Gasteiger partial charge is 0.337 e. The molecular formula is C20H21NO4. The number of benzene rings is 2. The van der Waals surface area contributed by atoms with Crippen LogP contribution in [0.4, 0.5) is 5.69 Å². The van der Waals surface area contributed by atoms with Crippen molar-refractivity contribution in [3.63, 3.8) is 0 Å². The highest BCUT2D eigenvalue weighted by molar-refractivity contribution is 5.99. The lowest BCUT2D eigenvalue weighted by Gasteiger charge is -2.22. The van der Waals surface area contributed by atoms with E-state index in [1.54, 1.807) is 30.0 Å². The number of aryl methyl sites for hydroxylation is 1. The second kappa shape index (κ2) is 6.97. The normalized spacial score (nSPS) is 14.0. The Morgan fingerprint density at radius 3 is 2.68 bits per heavy atom. The van der Waals surface area contributed by atoms with Gasteiger partial charge in [-0.15, -0.1) is 0 Å². The molecule has 1 amide bonds. The molecule has 25 heavy (non-hydrogen) atoms. The summed E-state index contributed by atoms with van der Waals surface area (Å²) in [6.45, 7) is 4.32. The van der Waals surface area contributed by atoms with E-state index in [0.717, 1.165) is 16.8 Å². The summed E-state index contributed by atoms with van der Waals surface area (Å²) in [6.07, 6.45) is 0.122. The summed E-state index contributed by atoms with van der Waals surface area (Å²) in [5.74, 6) is 0.219. The lowest BCUT2D eigenvalue weighted by molar-refractivity contribution is -0.124. The van der Waals surface area contributed by atoms with Gasteiger partial charge in [0.05, 0.1) is 12.7 Å². The Morgan fingerprint density at radius 2 is 1.96 bits per heavy atom. The van der Waals surface area contributed by atoms with E-state index in [9.17, 15) is 9.59 Å². The molecule has 0 bridgehead atoms. The maximum Gasteiger partial charge on any atom is 0.337 e. The minimum atomic E-state index is -0.590. The van der Waals surface area contributed by atoms with Crippen LogP contribution in [-0.4, -0.2) is 31.6 Å². The maximum absolute atomic E-state index is 12.8. The summed E-state index contributed by atoms with van der Waals surface area (Å²) >= 11 is 0. The fraction of sp³-hybridized carbons (Fsp3) is 0.300. The second-order valence-corrected chi connectivity index (χ2v) is 6.15. The predicted molar refractivity (Wildman–Crippen MR) is 95.1 cm³/mol. The van der Waals surface area contributed by atoms with Gasteiger partial charge in [0.15, 0.2) is 6.10 Å². The molecule has 1 atom stereocenters. The van der Waals surface area contributed by atoms with Crippen molar-refractivity contribution >= 4 is 17.6 Å². The van der Waals surface area contributed by atoms with Gasteiger partial charge < -0.3 is 14.4 Å². The fourth-order valence-electron chi connectivity index (χ4n) is 3.04. The molecular weight excluding hydrogens is 318 g/mol. The van der Waals surface area contributed by atoms with Crippen LogP contribution in [0, 0.1) is 6.92 Å². The van der Waals surface area contributed by atoms with Crippen LogP contribution in [0.1, 0.15) is 28.4 Å². The summed E-state index contributed by atoms with van der Waals surface area (Å²) in [5.41, 5.74) is 3.38. The van der Waals surface area contributed by atoms with E-state index in [4.69, 9.17) is 9.47 Å². The second-order valence-electron chi connectivity index (χ2n) is 6.15. The Kier molecular flexibility index (Phi) is 4.74. The van der Waals surface area contributed by atoms with Crippen molar-refractivity contribution in [2.24, 2.45) is 0 Å². The molecule has 5 nitrogen and oxygen atoms in total. The van der Waals surface area contributed by atoms with Crippen molar-refractivity contribution in [2.75, 3.05) is 18.6 Å². The van der Waals surface area contributed by atoms with Crippen LogP contribution < -0.4 is 9.64 Å². The Bertz CT molecular complexity index is 815. The van der Waals surface area contributed by atoms with Crippen molar-refractivity contribution in [2.45, 2.75) is 26.4 Å². The van der Waals surface area contributed by atoms with E-state index < -0.39 is 6.10 Å². The number of rotatable bonds is 4. The maximum atomic E-state index is 12.8. The molecule has 2 aromatic rings. The van der Waals surface area contributed by atoms with Crippen molar-refractivity contribution in [1.29, 1.82) is 0 Å². The number of methoxy groups -OCH3 is 1. The zero-order chi connectivity index (χ0) is 18.0. The average molecular weight is 339 g/mol. The van der Waals surface area contributed by atoms with Gasteiger partial charge in [-0.2, -0.15) is 0 Å². The predicted octanol–water partition coefficient (Wildman–Crippen LogP) is 3.14. The number of anilines is 1. The summed E-state index contributed by atoms with van der Waals surface area (Å²) in [7, 11) is 1.36. The first kappa shape index (κ1) is 17.0. The van der Waals surface area contributed by atoms with Crippen LogP contribution in [0.3, 0.4) is 0 Å². The van der Waals surface area contributed by atoms with Crippen LogP contribution >= 0.6 is 0 Å². The minimum absolute atomic E-state index is 0.0916. The number of hydrogen-bond acceptors (Lipinski definition) is 4. The molecule has 0 saturated heterocycles. The number of fused-ring (bicyclic) bond motifs is 1. The highest BCUT2D eigenvalue weighted by atomic mass is 16.5. The molecule has 2 aromatic carbocycles. The molecule has 0 fully saturated rings. The fourth-order valence-corrected chi connectivity index (χ4v) is 3.04. The van der Waals surface area contributed by atoms with Gasteiger partial charge in [-0.05, 0) is 61.7 Å². The summed E-state index contributed by atoms with van der Waals surface area (Å²) in [4.78, 5) is 26.1. The third-order valence-corrected chi connectivity index (χ3v) is 4.31. The molecule has 0 spiro atoms. The van der Waals surface area contributed by atoms with Crippen LogP contribution in [0.5, 0.6) is 5.75 Å².